The van der Waals surface area contributed by atoms with Gasteiger partial charge in [0.15, 0.2) is 5.60 Å². The normalized spacial score (nSPS) is 26.5. The van der Waals surface area contributed by atoms with Crippen LogP contribution in [0.4, 0.5) is 4.79 Å². The predicted molar refractivity (Wildman–Crippen MR) is 83.3 cm³/mol. The molecule has 0 aromatic heterocycles. The number of benzene rings is 1. The Labute approximate surface area is 131 Å². The van der Waals surface area contributed by atoms with E-state index in [2.05, 4.69) is 11.8 Å². The SMILES string of the molecule is CC(C)(C)OC(=O)N1CC[C@@H]2O[C@@]2(C#Cc2ccccc2)C1. The molecule has 2 saturated heterocycles. The van der Waals surface area contributed by atoms with E-state index in [4.69, 9.17) is 9.47 Å². The molecule has 0 bridgehead atoms. The molecule has 116 valence electrons. The van der Waals surface area contributed by atoms with Gasteiger partial charge in [-0.05, 0) is 39.3 Å². The summed E-state index contributed by atoms with van der Waals surface area (Å²) in [5.74, 6) is 6.36. The number of fused-ring (bicyclic) bond motifs is 1. The van der Waals surface area contributed by atoms with E-state index in [1.165, 1.54) is 0 Å². The number of carbonyl (C=O) groups is 1. The van der Waals surface area contributed by atoms with E-state index in [1.807, 2.05) is 51.1 Å². The smallest absolute Gasteiger partial charge is 0.410 e. The molecule has 2 atom stereocenters. The van der Waals surface area contributed by atoms with E-state index in [0.717, 1.165) is 12.0 Å². The molecule has 0 unspecified atom stereocenters. The van der Waals surface area contributed by atoms with E-state index in [9.17, 15) is 4.79 Å². The maximum absolute atomic E-state index is 12.2. The number of nitrogens with zero attached hydrogens (tertiary/aromatic N) is 1. The van der Waals surface area contributed by atoms with E-state index >= 15 is 0 Å². The topological polar surface area (TPSA) is 42.1 Å². The van der Waals surface area contributed by atoms with Gasteiger partial charge in [0.1, 0.15) is 11.7 Å². The molecule has 1 aromatic rings. The number of likely N-dealkylation sites (tertiary alicyclic amines) is 1. The van der Waals surface area contributed by atoms with Crippen molar-refractivity contribution in [2.45, 2.75) is 44.5 Å². The Morgan fingerprint density at radius 2 is 2.09 bits per heavy atom. The van der Waals surface area contributed by atoms with Crippen LogP contribution in [0.15, 0.2) is 30.3 Å². The Morgan fingerprint density at radius 3 is 2.77 bits per heavy atom. The molecule has 2 fully saturated rings. The summed E-state index contributed by atoms with van der Waals surface area (Å²) in [7, 11) is 0. The lowest BCUT2D eigenvalue weighted by atomic mass is 9.98. The first kappa shape index (κ1) is 14.9. The molecule has 2 aliphatic heterocycles. The molecular weight excluding hydrogens is 278 g/mol. The van der Waals surface area contributed by atoms with Gasteiger partial charge in [0.05, 0.1) is 6.54 Å². The summed E-state index contributed by atoms with van der Waals surface area (Å²) >= 11 is 0. The van der Waals surface area contributed by atoms with Gasteiger partial charge in [-0.3, -0.25) is 0 Å². The first-order valence-corrected chi connectivity index (χ1v) is 7.62. The van der Waals surface area contributed by atoms with Crippen LogP contribution in [-0.2, 0) is 9.47 Å². The lowest BCUT2D eigenvalue weighted by molar-refractivity contribution is 0.0211. The third kappa shape index (κ3) is 3.26. The highest BCUT2D eigenvalue weighted by atomic mass is 16.6. The summed E-state index contributed by atoms with van der Waals surface area (Å²) < 4.78 is 11.2. The number of epoxide rings is 1. The second-order valence-corrected chi connectivity index (χ2v) is 6.80. The second kappa shape index (κ2) is 5.33. The Morgan fingerprint density at radius 1 is 1.36 bits per heavy atom. The Hall–Kier alpha value is -1.99. The third-order valence-electron chi connectivity index (χ3n) is 3.75. The molecule has 0 saturated carbocycles. The van der Waals surface area contributed by atoms with Crippen molar-refractivity contribution in [1.82, 2.24) is 4.90 Å². The van der Waals surface area contributed by atoms with E-state index in [-0.39, 0.29) is 12.2 Å². The molecule has 0 aliphatic carbocycles. The first-order chi connectivity index (χ1) is 10.4. The number of amides is 1. The van der Waals surface area contributed by atoms with Gasteiger partial charge in [-0.25, -0.2) is 4.79 Å². The zero-order chi connectivity index (χ0) is 15.8. The number of hydrogen-bond acceptors (Lipinski definition) is 3. The molecule has 2 heterocycles. The molecule has 0 radical (unpaired) electrons. The van der Waals surface area contributed by atoms with Crippen molar-refractivity contribution in [2.24, 2.45) is 0 Å². The molecular formula is C18H21NO3. The van der Waals surface area contributed by atoms with Crippen LogP contribution in [0, 0.1) is 11.8 Å². The van der Waals surface area contributed by atoms with Crippen LogP contribution in [0.3, 0.4) is 0 Å². The van der Waals surface area contributed by atoms with E-state index in [1.54, 1.807) is 4.90 Å². The van der Waals surface area contributed by atoms with Gasteiger partial charge in [-0.2, -0.15) is 0 Å². The average molecular weight is 299 g/mol. The van der Waals surface area contributed by atoms with Gasteiger partial charge >= 0.3 is 6.09 Å². The van der Waals surface area contributed by atoms with Crippen molar-refractivity contribution in [2.75, 3.05) is 13.1 Å². The average Bonchev–Trinajstić information content (AvgIpc) is 3.18. The van der Waals surface area contributed by atoms with Gasteiger partial charge < -0.3 is 14.4 Å². The van der Waals surface area contributed by atoms with Crippen LogP contribution in [0.5, 0.6) is 0 Å². The standard InChI is InChI=1S/C18H21NO3/c1-17(2,3)22-16(20)19-12-10-15-18(13-19,21-15)11-9-14-7-5-4-6-8-14/h4-8,15H,10,12-13H2,1-3H3/t15-,18-/m0/s1. The molecule has 22 heavy (non-hydrogen) atoms. The van der Waals surface area contributed by atoms with Crippen LogP contribution in [-0.4, -0.2) is 41.4 Å². The lowest BCUT2D eigenvalue weighted by Crippen LogP contribution is -2.46. The maximum atomic E-state index is 12.2. The summed E-state index contributed by atoms with van der Waals surface area (Å²) in [5.41, 5.74) is -0.0350. The minimum absolute atomic E-state index is 0.141. The van der Waals surface area contributed by atoms with Gasteiger partial charge in [0.25, 0.3) is 0 Å². The van der Waals surface area contributed by atoms with Crippen molar-refractivity contribution in [3.63, 3.8) is 0 Å². The minimum Gasteiger partial charge on any atom is -0.444 e. The summed E-state index contributed by atoms with van der Waals surface area (Å²) in [6.07, 6.45) is 0.660. The van der Waals surface area contributed by atoms with Gasteiger partial charge in [0, 0.05) is 12.1 Å². The zero-order valence-electron chi connectivity index (χ0n) is 13.3. The Bertz CT molecular complexity index is 623. The highest BCUT2D eigenvalue weighted by Gasteiger charge is 2.59. The summed E-state index contributed by atoms with van der Waals surface area (Å²) in [4.78, 5) is 13.9. The summed E-state index contributed by atoms with van der Waals surface area (Å²) in [5, 5.41) is 0. The fourth-order valence-corrected chi connectivity index (χ4v) is 2.62. The zero-order valence-corrected chi connectivity index (χ0v) is 13.3. The molecule has 1 aromatic carbocycles. The quantitative estimate of drug-likeness (QED) is 0.546. The van der Waals surface area contributed by atoms with Crippen molar-refractivity contribution >= 4 is 6.09 Å². The van der Waals surface area contributed by atoms with Crippen LogP contribution >= 0.6 is 0 Å². The summed E-state index contributed by atoms with van der Waals surface area (Å²) in [6, 6.07) is 9.82. The fourth-order valence-electron chi connectivity index (χ4n) is 2.62. The molecule has 0 spiro atoms. The molecule has 3 rings (SSSR count). The van der Waals surface area contributed by atoms with Crippen molar-refractivity contribution in [1.29, 1.82) is 0 Å². The van der Waals surface area contributed by atoms with Crippen LogP contribution in [0.2, 0.25) is 0 Å². The Balaban J connectivity index is 1.69. The molecule has 4 nitrogen and oxygen atoms in total. The van der Waals surface area contributed by atoms with Gasteiger partial charge in [-0.15, -0.1) is 0 Å². The predicted octanol–water partition coefficient (Wildman–Crippen LogP) is 2.82. The Kier molecular flexibility index (Phi) is 3.62. The highest BCUT2D eigenvalue weighted by Crippen LogP contribution is 2.42. The fraction of sp³-hybridized carbons (Fsp3) is 0.500. The highest BCUT2D eigenvalue weighted by molar-refractivity contribution is 5.69. The van der Waals surface area contributed by atoms with Gasteiger partial charge in [0.2, 0.25) is 0 Å². The molecule has 1 amide bonds. The van der Waals surface area contributed by atoms with Gasteiger partial charge in [-0.1, -0.05) is 30.0 Å². The third-order valence-corrected chi connectivity index (χ3v) is 3.75. The molecule has 2 aliphatic rings. The monoisotopic (exact) mass is 299 g/mol. The number of hydrogen-bond donors (Lipinski definition) is 0. The number of carbonyl (C=O) groups excluding carboxylic acids is 1. The summed E-state index contributed by atoms with van der Waals surface area (Å²) in [6.45, 7) is 6.75. The molecule has 0 N–H and O–H groups in total. The van der Waals surface area contributed by atoms with Crippen molar-refractivity contribution < 1.29 is 14.3 Å². The maximum Gasteiger partial charge on any atom is 0.410 e. The minimum atomic E-state index is -0.509. The number of ether oxygens (including phenoxy) is 2. The van der Waals surface area contributed by atoms with E-state index < -0.39 is 11.2 Å². The van der Waals surface area contributed by atoms with E-state index in [0.29, 0.717) is 13.1 Å². The second-order valence-electron chi connectivity index (χ2n) is 6.80. The lowest BCUT2D eigenvalue weighted by Gasteiger charge is -2.30. The van der Waals surface area contributed by atoms with Crippen LogP contribution < -0.4 is 0 Å². The van der Waals surface area contributed by atoms with Crippen molar-refractivity contribution in [3.8, 4) is 11.8 Å². The largest absolute Gasteiger partial charge is 0.444 e. The molecule has 4 heteroatoms. The van der Waals surface area contributed by atoms with Crippen LogP contribution in [0.1, 0.15) is 32.8 Å². The number of rotatable bonds is 0. The van der Waals surface area contributed by atoms with Crippen molar-refractivity contribution in [3.05, 3.63) is 35.9 Å². The number of piperidine rings is 1. The van der Waals surface area contributed by atoms with Crippen LogP contribution in [0.25, 0.3) is 0 Å². The first-order valence-electron chi connectivity index (χ1n) is 7.62.